The summed E-state index contributed by atoms with van der Waals surface area (Å²) in [5, 5.41) is 16.8. The Morgan fingerprint density at radius 3 is 2.70 bits per heavy atom. The topological polar surface area (TPSA) is 67.5 Å². The highest BCUT2D eigenvalue weighted by Gasteiger charge is 2.15. The summed E-state index contributed by atoms with van der Waals surface area (Å²) in [5.74, 6) is 0.613. The van der Waals surface area contributed by atoms with Gasteiger partial charge < -0.3 is 5.11 Å². The van der Waals surface area contributed by atoms with Gasteiger partial charge in [-0.1, -0.05) is 42.0 Å². The molecule has 2 aromatic heterocycles. The van der Waals surface area contributed by atoms with Crippen LogP contribution in [-0.2, 0) is 0 Å². The minimum Gasteiger partial charge on any atom is -0.507 e. The van der Waals surface area contributed by atoms with Crippen LogP contribution in [0, 0.1) is 13.8 Å². The minimum atomic E-state index is -0.221. The van der Waals surface area contributed by atoms with E-state index in [1.54, 1.807) is 13.0 Å². The van der Waals surface area contributed by atoms with Gasteiger partial charge in [-0.15, -0.1) is 11.3 Å². The van der Waals surface area contributed by atoms with Gasteiger partial charge in [0.2, 0.25) is 0 Å². The molecule has 0 amide bonds. The second kappa shape index (κ2) is 6.81. The molecular weight excluding hydrogens is 358 g/mol. The molecule has 1 N–H and O–H groups in total. The number of nitrogens with zero attached hydrogens (tertiary/aromatic N) is 3. The molecule has 4 aromatic rings. The van der Waals surface area contributed by atoms with Crippen molar-refractivity contribution in [3.05, 3.63) is 81.2 Å². The van der Waals surface area contributed by atoms with E-state index in [1.165, 1.54) is 22.2 Å². The summed E-state index contributed by atoms with van der Waals surface area (Å²) in [5.41, 5.74) is 3.15. The van der Waals surface area contributed by atoms with Gasteiger partial charge >= 0.3 is 0 Å². The van der Waals surface area contributed by atoms with E-state index in [4.69, 9.17) is 0 Å². The molecule has 2 heterocycles. The van der Waals surface area contributed by atoms with Crippen LogP contribution in [0.5, 0.6) is 5.75 Å². The zero-order chi connectivity index (χ0) is 19.0. The lowest BCUT2D eigenvalue weighted by atomic mass is 10.1. The largest absolute Gasteiger partial charge is 0.507 e. The number of hydrogen-bond donors (Lipinski definition) is 1. The van der Waals surface area contributed by atoms with Gasteiger partial charge in [-0.05, 0) is 31.5 Å². The second-order valence-electron chi connectivity index (χ2n) is 6.28. The van der Waals surface area contributed by atoms with Crippen molar-refractivity contribution in [3.8, 4) is 16.9 Å². The molecule has 27 heavy (non-hydrogen) atoms. The normalized spacial score (nSPS) is 11.5. The highest BCUT2D eigenvalue weighted by molar-refractivity contribution is 7.17. The first-order valence-corrected chi connectivity index (χ1v) is 9.33. The van der Waals surface area contributed by atoms with Crippen molar-refractivity contribution >= 4 is 27.8 Å². The van der Waals surface area contributed by atoms with Crippen molar-refractivity contribution in [2.75, 3.05) is 0 Å². The molecule has 0 bridgehead atoms. The van der Waals surface area contributed by atoms with Crippen LogP contribution in [0.3, 0.4) is 0 Å². The van der Waals surface area contributed by atoms with E-state index in [2.05, 4.69) is 10.1 Å². The molecule has 0 aliphatic heterocycles. The van der Waals surface area contributed by atoms with Crippen molar-refractivity contribution in [2.24, 2.45) is 5.10 Å². The SMILES string of the molecule is Cc1ccc(O)c(C=Nn2c(C)nc3scc(-c4ccccc4)c3c2=O)c1. The molecule has 4 rings (SSSR count). The van der Waals surface area contributed by atoms with E-state index in [9.17, 15) is 9.90 Å². The van der Waals surface area contributed by atoms with Crippen LogP contribution in [0.4, 0.5) is 0 Å². The maximum atomic E-state index is 13.1. The zero-order valence-electron chi connectivity index (χ0n) is 14.9. The van der Waals surface area contributed by atoms with Gasteiger partial charge in [0, 0.05) is 16.5 Å². The van der Waals surface area contributed by atoms with Crippen molar-refractivity contribution in [2.45, 2.75) is 13.8 Å². The summed E-state index contributed by atoms with van der Waals surface area (Å²) >= 11 is 1.45. The first-order valence-electron chi connectivity index (χ1n) is 8.45. The molecule has 0 unspecified atom stereocenters. The van der Waals surface area contributed by atoms with E-state index in [0.29, 0.717) is 21.6 Å². The second-order valence-corrected chi connectivity index (χ2v) is 7.14. The molecule has 0 aliphatic rings. The number of aromatic nitrogens is 2. The number of fused-ring (bicyclic) bond motifs is 1. The number of benzene rings is 2. The summed E-state index contributed by atoms with van der Waals surface area (Å²) in [4.78, 5) is 18.4. The van der Waals surface area contributed by atoms with E-state index in [0.717, 1.165) is 16.7 Å². The fourth-order valence-corrected chi connectivity index (χ4v) is 3.93. The Hall–Kier alpha value is -3.25. The number of thiophene rings is 1. The zero-order valence-corrected chi connectivity index (χ0v) is 15.7. The monoisotopic (exact) mass is 375 g/mol. The lowest BCUT2D eigenvalue weighted by molar-refractivity contribution is 0.474. The molecule has 0 saturated carbocycles. The van der Waals surface area contributed by atoms with Crippen molar-refractivity contribution in [3.63, 3.8) is 0 Å². The lowest BCUT2D eigenvalue weighted by Gasteiger charge is -2.05. The quantitative estimate of drug-likeness (QED) is 0.542. The standard InChI is InChI=1S/C21H17N3O2S/c1-13-8-9-18(25)16(10-13)11-22-24-14(2)23-20-19(21(24)26)17(12-27-20)15-6-4-3-5-7-15/h3-12,25H,1-2H3. The van der Waals surface area contributed by atoms with Crippen LogP contribution >= 0.6 is 11.3 Å². The fraction of sp³-hybridized carbons (Fsp3) is 0.0952. The van der Waals surface area contributed by atoms with Gasteiger partial charge in [0.05, 0.1) is 11.6 Å². The molecule has 0 spiro atoms. The molecule has 0 radical (unpaired) electrons. The third-order valence-electron chi connectivity index (χ3n) is 4.33. The molecule has 0 fully saturated rings. The predicted molar refractivity (Wildman–Crippen MR) is 110 cm³/mol. The maximum absolute atomic E-state index is 13.1. The van der Waals surface area contributed by atoms with Gasteiger partial charge in [0.15, 0.2) is 0 Å². The lowest BCUT2D eigenvalue weighted by Crippen LogP contribution is -2.20. The van der Waals surface area contributed by atoms with E-state index in [-0.39, 0.29) is 11.3 Å². The van der Waals surface area contributed by atoms with Crippen molar-refractivity contribution in [1.82, 2.24) is 9.66 Å². The first kappa shape index (κ1) is 17.2. The van der Waals surface area contributed by atoms with Crippen LogP contribution in [-0.4, -0.2) is 21.0 Å². The minimum absolute atomic E-state index is 0.115. The summed E-state index contributed by atoms with van der Waals surface area (Å²) in [6.45, 7) is 3.68. The molecular formula is C21H17N3O2S. The smallest absolute Gasteiger partial charge is 0.283 e. The fourth-order valence-electron chi connectivity index (χ4n) is 2.95. The highest BCUT2D eigenvalue weighted by atomic mass is 32.1. The Balaban J connectivity index is 1.88. The molecule has 6 heteroatoms. The van der Waals surface area contributed by atoms with E-state index in [1.807, 2.05) is 54.8 Å². The Morgan fingerprint density at radius 1 is 1.15 bits per heavy atom. The average Bonchev–Trinajstić information content (AvgIpc) is 3.09. The molecule has 134 valence electrons. The number of aryl methyl sites for hydroxylation is 2. The third-order valence-corrected chi connectivity index (χ3v) is 5.20. The van der Waals surface area contributed by atoms with Crippen LogP contribution in [0.25, 0.3) is 21.3 Å². The molecule has 0 atom stereocenters. The Morgan fingerprint density at radius 2 is 1.93 bits per heavy atom. The van der Waals surface area contributed by atoms with Crippen LogP contribution in [0.1, 0.15) is 17.0 Å². The molecule has 0 saturated heterocycles. The third kappa shape index (κ3) is 3.15. The van der Waals surface area contributed by atoms with Gasteiger partial charge in [0.1, 0.15) is 16.4 Å². The Bertz CT molecular complexity index is 1220. The highest BCUT2D eigenvalue weighted by Crippen LogP contribution is 2.30. The van der Waals surface area contributed by atoms with Gasteiger partial charge in [-0.25, -0.2) is 4.98 Å². The Labute approximate surface area is 159 Å². The van der Waals surface area contributed by atoms with Crippen LogP contribution < -0.4 is 5.56 Å². The predicted octanol–water partition coefficient (Wildman–Crippen LogP) is 4.33. The number of aromatic hydroxyl groups is 1. The average molecular weight is 375 g/mol. The first-order chi connectivity index (χ1) is 13.0. The van der Waals surface area contributed by atoms with E-state index < -0.39 is 0 Å². The van der Waals surface area contributed by atoms with E-state index >= 15 is 0 Å². The molecule has 5 nitrogen and oxygen atoms in total. The van der Waals surface area contributed by atoms with Crippen molar-refractivity contribution in [1.29, 1.82) is 0 Å². The number of phenols is 1. The molecule has 2 aromatic carbocycles. The van der Waals surface area contributed by atoms with Crippen LogP contribution in [0.15, 0.2) is 63.8 Å². The maximum Gasteiger partial charge on any atom is 0.283 e. The number of hydrogen-bond acceptors (Lipinski definition) is 5. The van der Waals surface area contributed by atoms with Gasteiger partial charge in [-0.2, -0.15) is 9.78 Å². The summed E-state index contributed by atoms with van der Waals surface area (Å²) in [6.07, 6.45) is 1.48. The van der Waals surface area contributed by atoms with Gasteiger partial charge in [-0.3, -0.25) is 4.79 Å². The summed E-state index contributed by atoms with van der Waals surface area (Å²) < 4.78 is 1.28. The summed E-state index contributed by atoms with van der Waals surface area (Å²) in [6, 6.07) is 15.0. The number of phenolic OH excluding ortho intramolecular Hbond substituents is 1. The van der Waals surface area contributed by atoms with Crippen molar-refractivity contribution < 1.29 is 5.11 Å². The van der Waals surface area contributed by atoms with Crippen LogP contribution in [0.2, 0.25) is 0 Å². The van der Waals surface area contributed by atoms with Gasteiger partial charge in [0.25, 0.3) is 5.56 Å². The molecule has 0 aliphatic carbocycles. The summed E-state index contributed by atoms with van der Waals surface area (Å²) in [7, 11) is 0. The number of rotatable bonds is 3. The Kier molecular flexibility index (Phi) is 4.33.